The second-order valence-electron chi connectivity index (χ2n) is 6.52. The minimum absolute atomic E-state index is 0.501. The first kappa shape index (κ1) is 15.9. The molecule has 0 bridgehead atoms. The second-order valence-corrected chi connectivity index (χ2v) is 9.21. The van der Waals surface area contributed by atoms with Gasteiger partial charge in [-0.2, -0.15) is 0 Å². The van der Waals surface area contributed by atoms with Crippen molar-refractivity contribution in [3.05, 3.63) is 0 Å². The molecule has 1 aliphatic rings. The van der Waals surface area contributed by atoms with Crippen LogP contribution in [-0.2, 0) is 10.0 Å². The van der Waals surface area contributed by atoms with Gasteiger partial charge < -0.3 is 5.32 Å². The van der Waals surface area contributed by atoms with Gasteiger partial charge in [-0.1, -0.05) is 13.8 Å². The number of piperidine rings is 1. The summed E-state index contributed by atoms with van der Waals surface area (Å²) in [5.41, 5.74) is 0. The van der Waals surface area contributed by atoms with Gasteiger partial charge >= 0.3 is 0 Å². The van der Waals surface area contributed by atoms with Gasteiger partial charge in [0.25, 0.3) is 0 Å². The minimum atomic E-state index is -3.14. The monoisotopic (exact) mass is 276 g/mol. The highest BCUT2D eigenvalue weighted by Crippen LogP contribution is 2.25. The van der Waals surface area contributed by atoms with Crippen LogP contribution in [0.2, 0.25) is 0 Å². The van der Waals surface area contributed by atoms with E-state index in [0.717, 1.165) is 19.4 Å². The first-order valence-corrected chi connectivity index (χ1v) is 8.31. The van der Waals surface area contributed by atoms with Crippen molar-refractivity contribution in [2.45, 2.75) is 58.2 Å². The largest absolute Gasteiger partial charge is 0.314 e. The van der Waals surface area contributed by atoms with E-state index in [1.807, 2.05) is 0 Å². The Kier molecular flexibility index (Phi) is 5.21. The lowest BCUT2D eigenvalue weighted by atomic mass is 9.98. The van der Waals surface area contributed by atoms with Crippen LogP contribution in [0.1, 0.15) is 47.5 Å². The molecule has 0 saturated carbocycles. The maximum Gasteiger partial charge on any atom is 0.219 e. The van der Waals surface area contributed by atoms with Crippen molar-refractivity contribution in [2.75, 3.05) is 19.6 Å². The average molecular weight is 276 g/mol. The lowest BCUT2D eigenvalue weighted by Crippen LogP contribution is -2.47. The molecule has 1 aliphatic heterocycles. The highest BCUT2D eigenvalue weighted by molar-refractivity contribution is 7.90. The lowest BCUT2D eigenvalue weighted by molar-refractivity contribution is 0.259. The van der Waals surface area contributed by atoms with Gasteiger partial charge in [-0.05, 0) is 46.1 Å². The highest BCUT2D eigenvalue weighted by atomic mass is 32.2. The third kappa shape index (κ3) is 3.93. The Bertz CT molecular complexity index is 350. The highest BCUT2D eigenvalue weighted by Gasteiger charge is 2.36. The van der Waals surface area contributed by atoms with Crippen LogP contribution < -0.4 is 5.32 Å². The Labute approximate surface area is 112 Å². The molecule has 0 radical (unpaired) electrons. The van der Waals surface area contributed by atoms with Crippen LogP contribution in [0.5, 0.6) is 0 Å². The standard InChI is InChI=1S/C13H28N2O2S/c1-11(2)14-10-12-6-8-15(9-7-12)18(16,17)13(3,4)5/h11-12,14H,6-10H2,1-5H3. The topological polar surface area (TPSA) is 49.4 Å². The smallest absolute Gasteiger partial charge is 0.219 e. The molecule has 0 aromatic carbocycles. The molecule has 0 atom stereocenters. The summed E-state index contributed by atoms with van der Waals surface area (Å²) in [5.74, 6) is 0.610. The van der Waals surface area contributed by atoms with E-state index in [0.29, 0.717) is 25.0 Å². The van der Waals surface area contributed by atoms with Gasteiger partial charge in [-0.25, -0.2) is 12.7 Å². The molecule has 1 heterocycles. The first-order chi connectivity index (χ1) is 8.14. The van der Waals surface area contributed by atoms with Gasteiger partial charge in [0, 0.05) is 19.1 Å². The molecule has 108 valence electrons. The third-order valence-electron chi connectivity index (χ3n) is 3.50. The molecule has 0 unspecified atom stereocenters. The maximum absolute atomic E-state index is 12.3. The van der Waals surface area contributed by atoms with Crippen LogP contribution in [0.4, 0.5) is 0 Å². The molecule has 0 spiro atoms. The summed E-state index contributed by atoms with van der Waals surface area (Å²) in [6, 6.07) is 0.501. The first-order valence-electron chi connectivity index (χ1n) is 6.87. The predicted octanol–water partition coefficient (Wildman–Crippen LogP) is 1.82. The number of hydrogen-bond donors (Lipinski definition) is 1. The van der Waals surface area contributed by atoms with Crippen LogP contribution >= 0.6 is 0 Å². The second kappa shape index (κ2) is 5.88. The summed E-state index contributed by atoms with van der Waals surface area (Å²) in [5, 5.41) is 3.43. The fourth-order valence-electron chi connectivity index (χ4n) is 2.14. The molecule has 5 heteroatoms. The summed E-state index contributed by atoms with van der Waals surface area (Å²) < 4.78 is 25.6. The van der Waals surface area contributed by atoms with Crippen molar-refractivity contribution >= 4 is 10.0 Å². The molecule has 0 aliphatic carbocycles. The summed E-state index contributed by atoms with van der Waals surface area (Å²) in [7, 11) is -3.14. The van der Waals surface area contributed by atoms with E-state index in [4.69, 9.17) is 0 Å². The number of rotatable bonds is 4. The summed E-state index contributed by atoms with van der Waals surface area (Å²) in [4.78, 5) is 0. The molecular formula is C13H28N2O2S. The van der Waals surface area contributed by atoms with Crippen LogP contribution in [0.25, 0.3) is 0 Å². The normalized spacial score (nSPS) is 20.6. The molecule has 1 rings (SSSR count). The predicted molar refractivity (Wildman–Crippen MR) is 76.1 cm³/mol. The zero-order valence-electron chi connectivity index (χ0n) is 12.4. The average Bonchev–Trinajstić information content (AvgIpc) is 2.25. The Hall–Kier alpha value is -0.130. The van der Waals surface area contributed by atoms with Crippen molar-refractivity contribution in [3.63, 3.8) is 0 Å². The number of nitrogens with one attached hydrogen (secondary N) is 1. The Morgan fingerprint density at radius 1 is 1.22 bits per heavy atom. The van der Waals surface area contributed by atoms with Gasteiger partial charge in [-0.15, -0.1) is 0 Å². The number of nitrogens with zero attached hydrogens (tertiary/aromatic N) is 1. The Morgan fingerprint density at radius 3 is 2.11 bits per heavy atom. The van der Waals surface area contributed by atoms with Gasteiger partial charge in [0.05, 0.1) is 4.75 Å². The van der Waals surface area contributed by atoms with Crippen molar-refractivity contribution < 1.29 is 8.42 Å². The van der Waals surface area contributed by atoms with Crippen LogP contribution in [0, 0.1) is 5.92 Å². The lowest BCUT2D eigenvalue weighted by Gasteiger charge is -2.35. The quantitative estimate of drug-likeness (QED) is 0.852. The summed E-state index contributed by atoms with van der Waals surface area (Å²) in [6.45, 7) is 11.9. The minimum Gasteiger partial charge on any atom is -0.314 e. The number of hydrogen-bond acceptors (Lipinski definition) is 3. The SMILES string of the molecule is CC(C)NCC1CCN(S(=O)(=O)C(C)(C)C)CC1. The van der Waals surface area contributed by atoms with Crippen molar-refractivity contribution in [2.24, 2.45) is 5.92 Å². The summed E-state index contributed by atoms with van der Waals surface area (Å²) >= 11 is 0. The van der Waals surface area contributed by atoms with Crippen molar-refractivity contribution in [3.8, 4) is 0 Å². The molecule has 1 saturated heterocycles. The van der Waals surface area contributed by atoms with Gasteiger partial charge in [0.1, 0.15) is 0 Å². The molecular weight excluding hydrogens is 248 g/mol. The molecule has 0 aromatic rings. The van der Waals surface area contributed by atoms with Gasteiger partial charge in [0.15, 0.2) is 0 Å². The van der Waals surface area contributed by atoms with E-state index in [9.17, 15) is 8.42 Å². The summed E-state index contributed by atoms with van der Waals surface area (Å²) in [6.07, 6.45) is 1.93. The van der Waals surface area contributed by atoms with Gasteiger partial charge in [-0.3, -0.25) is 0 Å². The number of sulfonamides is 1. The molecule has 0 amide bonds. The van der Waals surface area contributed by atoms with Crippen molar-refractivity contribution in [1.82, 2.24) is 9.62 Å². The zero-order chi connectivity index (χ0) is 14.0. The van der Waals surface area contributed by atoms with E-state index in [1.54, 1.807) is 25.1 Å². The zero-order valence-corrected chi connectivity index (χ0v) is 13.2. The van der Waals surface area contributed by atoms with Crippen molar-refractivity contribution in [1.29, 1.82) is 0 Å². The maximum atomic E-state index is 12.3. The fourth-order valence-corrected chi connectivity index (χ4v) is 3.61. The molecule has 1 N–H and O–H groups in total. The van der Waals surface area contributed by atoms with Gasteiger partial charge in [0.2, 0.25) is 10.0 Å². The molecule has 1 fully saturated rings. The Morgan fingerprint density at radius 2 is 1.72 bits per heavy atom. The molecule has 4 nitrogen and oxygen atoms in total. The Balaban J connectivity index is 2.50. The van der Waals surface area contributed by atoms with E-state index < -0.39 is 14.8 Å². The van der Waals surface area contributed by atoms with Crippen LogP contribution in [0.3, 0.4) is 0 Å². The van der Waals surface area contributed by atoms with Crippen LogP contribution in [0.15, 0.2) is 0 Å². The van der Waals surface area contributed by atoms with Crippen LogP contribution in [-0.4, -0.2) is 43.1 Å². The third-order valence-corrected chi connectivity index (χ3v) is 6.09. The van der Waals surface area contributed by atoms with E-state index in [1.165, 1.54) is 0 Å². The molecule has 0 aromatic heterocycles. The van der Waals surface area contributed by atoms with E-state index in [2.05, 4.69) is 19.2 Å². The van der Waals surface area contributed by atoms with E-state index in [-0.39, 0.29) is 0 Å². The fraction of sp³-hybridized carbons (Fsp3) is 1.00. The molecule has 18 heavy (non-hydrogen) atoms. The van der Waals surface area contributed by atoms with E-state index >= 15 is 0 Å².